The van der Waals surface area contributed by atoms with Crippen LogP contribution in [0, 0.1) is 0 Å². The molecular formula is C18H24N4O3. The fourth-order valence-corrected chi connectivity index (χ4v) is 2.20. The topological polar surface area (TPSA) is 85.3 Å². The molecule has 7 nitrogen and oxygen atoms in total. The van der Waals surface area contributed by atoms with Gasteiger partial charge in [0, 0.05) is 30.9 Å². The molecule has 25 heavy (non-hydrogen) atoms. The average molecular weight is 344 g/mol. The lowest BCUT2D eigenvalue weighted by Gasteiger charge is -2.19. The quantitative estimate of drug-likeness (QED) is 0.873. The molecule has 0 saturated heterocycles. The number of nitrogens with one attached hydrogen (secondary N) is 2. The Morgan fingerprint density at radius 1 is 1.24 bits per heavy atom. The van der Waals surface area contributed by atoms with Crippen LogP contribution in [0.2, 0.25) is 0 Å². The lowest BCUT2D eigenvalue weighted by molar-refractivity contribution is -0.114. The molecule has 0 fully saturated rings. The van der Waals surface area contributed by atoms with E-state index in [1.807, 2.05) is 51.2 Å². The van der Waals surface area contributed by atoms with Gasteiger partial charge in [-0.2, -0.15) is 5.10 Å². The second kappa shape index (κ2) is 7.83. The molecule has 0 aliphatic heterocycles. The molecule has 1 aromatic carbocycles. The molecule has 0 atom stereocenters. The summed E-state index contributed by atoms with van der Waals surface area (Å²) in [6, 6.07) is 7.55. The number of hydrogen-bond donors (Lipinski definition) is 2. The standard InChI is InChI=1S/C18H24N4O3/c1-13(23)21-16-7-5-6-14(10-16)15-11-20-22(12-15)9-8-19-17(24)25-18(2,3)4/h5-7,10-12H,8-9H2,1-4H3,(H,19,24)(H,21,23). The fourth-order valence-electron chi connectivity index (χ4n) is 2.20. The van der Waals surface area contributed by atoms with Gasteiger partial charge in [0.15, 0.2) is 0 Å². The van der Waals surface area contributed by atoms with Crippen LogP contribution in [0.15, 0.2) is 36.7 Å². The number of rotatable bonds is 5. The Labute approximate surface area is 147 Å². The summed E-state index contributed by atoms with van der Waals surface area (Å²) in [4.78, 5) is 22.8. The molecule has 2 rings (SSSR count). The third-order valence-electron chi connectivity index (χ3n) is 3.16. The average Bonchev–Trinajstić information content (AvgIpc) is 2.94. The van der Waals surface area contributed by atoms with Crippen molar-refractivity contribution >= 4 is 17.7 Å². The Hall–Kier alpha value is -2.83. The van der Waals surface area contributed by atoms with Crippen molar-refractivity contribution in [2.75, 3.05) is 11.9 Å². The highest BCUT2D eigenvalue weighted by atomic mass is 16.6. The molecule has 134 valence electrons. The second-order valence-corrected chi connectivity index (χ2v) is 6.68. The first-order chi connectivity index (χ1) is 11.7. The molecule has 0 spiro atoms. The van der Waals surface area contributed by atoms with E-state index < -0.39 is 11.7 Å². The molecule has 0 bridgehead atoms. The van der Waals surface area contributed by atoms with Crippen molar-refractivity contribution in [2.45, 2.75) is 39.8 Å². The fraction of sp³-hybridized carbons (Fsp3) is 0.389. The van der Waals surface area contributed by atoms with Crippen LogP contribution in [0.1, 0.15) is 27.7 Å². The molecule has 1 heterocycles. The first-order valence-electron chi connectivity index (χ1n) is 8.10. The monoisotopic (exact) mass is 344 g/mol. The number of nitrogens with zero attached hydrogens (tertiary/aromatic N) is 2. The summed E-state index contributed by atoms with van der Waals surface area (Å²) in [6.45, 7) is 7.89. The number of carbonyl (C=O) groups excluding carboxylic acids is 2. The number of amides is 2. The van der Waals surface area contributed by atoms with Crippen LogP contribution in [-0.2, 0) is 16.1 Å². The molecule has 0 unspecified atom stereocenters. The van der Waals surface area contributed by atoms with Crippen LogP contribution in [-0.4, -0.2) is 33.9 Å². The first kappa shape index (κ1) is 18.5. The Kier molecular flexibility index (Phi) is 5.80. The molecular weight excluding hydrogens is 320 g/mol. The van der Waals surface area contributed by atoms with E-state index in [-0.39, 0.29) is 5.91 Å². The van der Waals surface area contributed by atoms with Gasteiger partial charge in [-0.1, -0.05) is 12.1 Å². The maximum absolute atomic E-state index is 11.6. The third kappa shape index (κ3) is 6.29. The molecule has 0 aliphatic carbocycles. The third-order valence-corrected chi connectivity index (χ3v) is 3.16. The summed E-state index contributed by atoms with van der Waals surface area (Å²) < 4.78 is 6.93. The Morgan fingerprint density at radius 2 is 2.00 bits per heavy atom. The number of aromatic nitrogens is 2. The molecule has 7 heteroatoms. The SMILES string of the molecule is CC(=O)Nc1cccc(-c2cnn(CCNC(=O)OC(C)(C)C)c2)c1. The van der Waals surface area contributed by atoms with E-state index >= 15 is 0 Å². The van der Waals surface area contributed by atoms with Gasteiger partial charge in [0.1, 0.15) is 5.60 Å². The molecule has 2 amide bonds. The summed E-state index contributed by atoms with van der Waals surface area (Å²) in [5, 5.41) is 9.75. The highest BCUT2D eigenvalue weighted by Crippen LogP contribution is 2.22. The van der Waals surface area contributed by atoms with E-state index in [4.69, 9.17) is 4.74 Å². The smallest absolute Gasteiger partial charge is 0.407 e. The maximum Gasteiger partial charge on any atom is 0.407 e. The lowest BCUT2D eigenvalue weighted by Crippen LogP contribution is -2.34. The Balaban J connectivity index is 1.92. The van der Waals surface area contributed by atoms with Crippen molar-refractivity contribution in [1.29, 1.82) is 0 Å². The van der Waals surface area contributed by atoms with Gasteiger partial charge in [-0.25, -0.2) is 4.79 Å². The molecule has 0 radical (unpaired) electrons. The summed E-state index contributed by atoms with van der Waals surface area (Å²) >= 11 is 0. The van der Waals surface area contributed by atoms with Crippen LogP contribution in [0.4, 0.5) is 10.5 Å². The van der Waals surface area contributed by atoms with Crippen molar-refractivity contribution in [2.24, 2.45) is 0 Å². The van der Waals surface area contributed by atoms with E-state index in [2.05, 4.69) is 15.7 Å². The predicted molar refractivity (Wildman–Crippen MR) is 96.2 cm³/mol. The van der Waals surface area contributed by atoms with Crippen LogP contribution in [0.5, 0.6) is 0 Å². The summed E-state index contributed by atoms with van der Waals surface area (Å²) in [5.41, 5.74) is 2.12. The van der Waals surface area contributed by atoms with Crippen molar-refractivity contribution in [3.05, 3.63) is 36.7 Å². The van der Waals surface area contributed by atoms with Crippen molar-refractivity contribution in [3.63, 3.8) is 0 Å². The zero-order valence-corrected chi connectivity index (χ0v) is 15.0. The van der Waals surface area contributed by atoms with Gasteiger partial charge in [0.25, 0.3) is 0 Å². The van der Waals surface area contributed by atoms with E-state index in [0.717, 1.165) is 16.8 Å². The highest BCUT2D eigenvalue weighted by Gasteiger charge is 2.15. The normalized spacial score (nSPS) is 11.0. The number of ether oxygens (including phenoxy) is 1. The highest BCUT2D eigenvalue weighted by molar-refractivity contribution is 5.89. The summed E-state index contributed by atoms with van der Waals surface area (Å²) in [5.74, 6) is -0.110. The van der Waals surface area contributed by atoms with Gasteiger partial charge in [0.05, 0.1) is 12.7 Å². The van der Waals surface area contributed by atoms with Crippen LogP contribution in [0.25, 0.3) is 11.1 Å². The Bertz CT molecular complexity index is 747. The number of benzene rings is 1. The molecule has 0 aliphatic rings. The van der Waals surface area contributed by atoms with Gasteiger partial charge in [-0.15, -0.1) is 0 Å². The van der Waals surface area contributed by atoms with Gasteiger partial charge >= 0.3 is 6.09 Å². The molecule has 1 aromatic heterocycles. The van der Waals surface area contributed by atoms with Crippen LogP contribution >= 0.6 is 0 Å². The maximum atomic E-state index is 11.6. The van der Waals surface area contributed by atoms with Crippen molar-refractivity contribution < 1.29 is 14.3 Å². The number of carbonyl (C=O) groups is 2. The Morgan fingerprint density at radius 3 is 2.68 bits per heavy atom. The van der Waals surface area contributed by atoms with Gasteiger partial charge in [-0.05, 0) is 38.5 Å². The number of hydrogen-bond acceptors (Lipinski definition) is 4. The van der Waals surface area contributed by atoms with Gasteiger partial charge in [-0.3, -0.25) is 9.48 Å². The van der Waals surface area contributed by atoms with Gasteiger partial charge in [0.2, 0.25) is 5.91 Å². The summed E-state index contributed by atoms with van der Waals surface area (Å²) in [7, 11) is 0. The zero-order chi connectivity index (χ0) is 18.4. The summed E-state index contributed by atoms with van der Waals surface area (Å²) in [6.07, 6.45) is 3.20. The minimum absolute atomic E-state index is 0.110. The van der Waals surface area contributed by atoms with Crippen LogP contribution in [0.3, 0.4) is 0 Å². The predicted octanol–water partition coefficient (Wildman–Crippen LogP) is 3.03. The van der Waals surface area contributed by atoms with Crippen molar-refractivity contribution in [3.8, 4) is 11.1 Å². The number of anilines is 1. The molecule has 2 N–H and O–H groups in total. The first-order valence-corrected chi connectivity index (χ1v) is 8.10. The van der Waals surface area contributed by atoms with E-state index in [9.17, 15) is 9.59 Å². The van der Waals surface area contributed by atoms with E-state index in [0.29, 0.717) is 13.1 Å². The van der Waals surface area contributed by atoms with Crippen molar-refractivity contribution in [1.82, 2.24) is 15.1 Å². The molecule has 2 aromatic rings. The minimum Gasteiger partial charge on any atom is -0.444 e. The number of alkyl carbamates (subject to hydrolysis) is 1. The van der Waals surface area contributed by atoms with E-state index in [1.165, 1.54) is 6.92 Å². The van der Waals surface area contributed by atoms with Crippen LogP contribution < -0.4 is 10.6 Å². The largest absolute Gasteiger partial charge is 0.444 e. The lowest BCUT2D eigenvalue weighted by atomic mass is 10.1. The second-order valence-electron chi connectivity index (χ2n) is 6.68. The van der Waals surface area contributed by atoms with Gasteiger partial charge < -0.3 is 15.4 Å². The van der Waals surface area contributed by atoms with E-state index in [1.54, 1.807) is 10.9 Å². The zero-order valence-electron chi connectivity index (χ0n) is 15.0. The minimum atomic E-state index is -0.512. The molecule has 0 saturated carbocycles.